The van der Waals surface area contributed by atoms with E-state index in [0.29, 0.717) is 29.1 Å². The maximum Gasteiger partial charge on any atom is 0.313 e. The molecule has 0 aromatic carbocycles. The van der Waals surface area contributed by atoms with Gasteiger partial charge in [-0.05, 0) is 389 Å². The summed E-state index contributed by atoms with van der Waals surface area (Å²) in [7, 11) is 0. The van der Waals surface area contributed by atoms with Gasteiger partial charge in [0.05, 0.1) is 38.1 Å². The third-order valence-electron chi connectivity index (χ3n) is 32.7. The maximum absolute atomic E-state index is 12.8. The van der Waals surface area contributed by atoms with Gasteiger partial charge in [0.1, 0.15) is 28.0 Å². The topological polar surface area (TPSA) is 167 Å². The lowest BCUT2D eigenvalue weighted by molar-refractivity contribution is -0.248. The van der Waals surface area contributed by atoms with Crippen LogP contribution in [0.15, 0.2) is 0 Å². The van der Waals surface area contributed by atoms with Gasteiger partial charge in [-0.3, -0.25) is 28.8 Å². The Kier molecular flexibility index (Phi) is 34.3. The van der Waals surface area contributed by atoms with Crippen molar-refractivity contribution in [3.8, 4) is 0 Å². The minimum atomic E-state index is -0.418. The molecule has 0 N–H and O–H groups in total. The molecule has 0 radical (unpaired) electrons. The second kappa shape index (κ2) is 39.3. The maximum atomic E-state index is 12.8. The summed E-state index contributed by atoms with van der Waals surface area (Å²) in [6.45, 7) is 58.0. The Hall–Kier alpha value is -3.22. The highest BCUT2D eigenvalue weighted by Gasteiger charge is 2.69. The second-order valence-corrected chi connectivity index (χ2v) is 44.7. The molecule has 12 rings (SSSR count). The number of hydrogen-bond acceptors (Lipinski definition) is 13. The van der Waals surface area contributed by atoms with Crippen LogP contribution in [0.1, 0.15) is 457 Å². The molecule has 12 saturated carbocycles. The van der Waals surface area contributed by atoms with Gasteiger partial charge >= 0.3 is 35.8 Å². The summed E-state index contributed by atoms with van der Waals surface area (Å²) in [5.74, 6) is 6.16. The van der Waals surface area contributed by atoms with Crippen molar-refractivity contribution in [3.05, 3.63) is 0 Å². The summed E-state index contributed by atoms with van der Waals surface area (Å²) in [5, 5.41) is 0. The summed E-state index contributed by atoms with van der Waals surface area (Å²) in [6, 6.07) is 0. The molecule has 0 saturated heterocycles. The molecule has 12 fully saturated rings. The Morgan fingerprint density at radius 1 is 0.357 bits per heavy atom. The molecule has 13 nitrogen and oxygen atoms in total. The van der Waals surface area contributed by atoms with Gasteiger partial charge in [0.15, 0.2) is 0 Å². The van der Waals surface area contributed by atoms with Crippen LogP contribution in [0.25, 0.3) is 0 Å². The van der Waals surface area contributed by atoms with E-state index < -0.39 is 11.7 Å². The molecular weight excluding hydrogens is 1400 g/mol. The number of fused-ring (bicyclic) bond motifs is 1. The zero-order valence-electron chi connectivity index (χ0n) is 78.1. The zero-order valence-corrected chi connectivity index (χ0v) is 78.1. The van der Waals surface area contributed by atoms with Crippen molar-refractivity contribution in [2.75, 3.05) is 0 Å². The Balaban J connectivity index is 0.000000212. The average Bonchev–Trinajstić information content (AvgIpc) is 1.52. The van der Waals surface area contributed by atoms with Gasteiger partial charge in [-0.25, -0.2) is 0 Å². The van der Waals surface area contributed by atoms with Crippen LogP contribution in [0, 0.1) is 96.6 Å². The number of carbonyl (C=O) groups is 6. The van der Waals surface area contributed by atoms with Gasteiger partial charge in [-0.15, -0.1) is 0 Å². The van der Waals surface area contributed by atoms with Crippen LogP contribution in [-0.4, -0.2) is 75.7 Å². The molecule has 0 heterocycles. The van der Waals surface area contributed by atoms with E-state index in [1.165, 1.54) is 193 Å². The molecule has 6 atom stereocenters. The summed E-state index contributed by atoms with van der Waals surface area (Å²) in [5.41, 5.74) is -2.52. The van der Waals surface area contributed by atoms with Crippen molar-refractivity contribution in [2.45, 2.75) is 497 Å². The van der Waals surface area contributed by atoms with Gasteiger partial charge in [0, 0.05) is 5.92 Å². The van der Waals surface area contributed by atoms with E-state index in [0.717, 1.165) is 100 Å². The van der Waals surface area contributed by atoms with Crippen LogP contribution in [0.4, 0.5) is 0 Å². The lowest BCUT2D eigenvalue weighted by Gasteiger charge is -2.56. The van der Waals surface area contributed by atoms with Crippen LogP contribution in [0.2, 0.25) is 0 Å². The van der Waals surface area contributed by atoms with Crippen LogP contribution in [0.3, 0.4) is 0 Å². The highest BCUT2D eigenvalue weighted by molar-refractivity contribution is 5.78. The largest absolute Gasteiger partial charge is 0.459 e. The highest BCUT2D eigenvalue weighted by atomic mass is 16.7. The van der Waals surface area contributed by atoms with Crippen LogP contribution in [-0.2, 0) is 61.9 Å². The lowest BCUT2D eigenvalue weighted by atomic mass is 9.54. The fourth-order valence-electron chi connectivity index (χ4n) is 21.9. The molecule has 0 aromatic rings. The lowest BCUT2D eigenvalue weighted by Crippen LogP contribution is -2.53. The predicted octanol–water partition coefficient (Wildman–Crippen LogP) is 27.1. The Bertz CT molecular complexity index is 2930. The van der Waals surface area contributed by atoms with E-state index in [9.17, 15) is 28.8 Å². The molecular formula is C99H176O13. The quantitative estimate of drug-likeness (QED) is 0.0539. The monoisotopic (exact) mass is 1570 g/mol. The van der Waals surface area contributed by atoms with Gasteiger partial charge in [-0.2, -0.15) is 0 Å². The zero-order chi connectivity index (χ0) is 84.2. The van der Waals surface area contributed by atoms with Gasteiger partial charge in [0.25, 0.3) is 0 Å². The van der Waals surface area contributed by atoms with E-state index in [1.54, 1.807) is 0 Å². The third kappa shape index (κ3) is 24.7. The van der Waals surface area contributed by atoms with Crippen molar-refractivity contribution >= 4 is 35.8 Å². The molecule has 6 unspecified atom stereocenters. The van der Waals surface area contributed by atoms with Gasteiger partial charge in [0.2, 0.25) is 6.29 Å². The minimum absolute atomic E-state index is 0.000595. The third-order valence-corrected chi connectivity index (χ3v) is 32.7. The molecule has 112 heavy (non-hydrogen) atoms. The molecule has 12 aliphatic carbocycles. The summed E-state index contributed by atoms with van der Waals surface area (Å²) in [4.78, 5) is 73.6. The van der Waals surface area contributed by atoms with E-state index in [4.69, 9.17) is 33.2 Å². The fourth-order valence-corrected chi connectivity index (χ4v) is 21.9. The van der Waals surface area contributed by atoms with Crippen LogP contribution >= 0.6 is 0 Å². The molecule has 13 heteroatoms. The Labute approximate surface area is 687 Å². The number of ether oxygens (including phenoxy) is 7. The van der Waals surface area contributed by atoms with Gasteiger partial charge in [-0.1, -0.05) is 127 Å². The number of carbonyl (C=O) groups excluding carboxylic acids is 6. The molecule has 0 amide bonds. The average molecular weight is 1570 g/mol. The van der Waals surface area contributed by atoms with Crippen molar-refractivity contribution in [1.29, 1.82) is 0 Å². The van der Waals surface area contributed by atoms with Crippen molar-refractivity contribution < 1.29 is 61.9 Å². The Morgan fingerprint density at radius 3 is 1.07 bits per heavy atom. The standard InChI is InChI=1S/C21H36O2.C20H36O2.C18H30O3.C15H28O2.C13H24O2.C12H22O2/c1-8-18(3,4)17(22)23-20(7)11-12-21-13-16(20)19(5,6)15(21)10-9-14(21)2;1-5-19(2,3)18(21)22-20(4,16-12-8-6-9-13-16)17-14-10-7-11-15-17;1-5-17(3,4)16(19)20-12(2)21-18-9-13-6-14(10-18)8-15(7-13)11-18;1-6-14(2,3)13(16)17-15(4,5)12-10-8-7-9-11-12;1-5-12(2,3)11(14)15-13(4)9-7-6-8-10-13;1-5-11(2,3)10(13)14-12(4)8-6-7-9-12/h14-16H,8-13H2,1-7H3;16-17H,5-15H2,1-4H3;12-15H,5-11H2,1-4H3;12H,6-11H2,1-5H3;5-10H2,1-4H3;5-9H2,1-4H3. The SMILES string of the molecule is CCC(C)(C)C(=O)OC(C)(C)C1CCCCC1.CCC(C)(C)C(=O)OC(C)(C1CCCCC1)C1CCCCC1.CCC(C)(C)C(=O)OC(C)OC12CC3CC(CC(C3)C1)C2.CCC(C)(C)C(=O)OC1(C)CCC23CC1C(C)(C)C2CCC3C.CCC(C)(C)C(=O)OC1(C)CCCC1.CCC(C)(C)C(=O)OC1(C)CCCCC1. The highest BCUT2D eigenvalue weighted by Crippen LogP contribution is 2.74. The molecule has 0 aliphatic heterocycles. The fraction of sp³-hybridized carbons (Fsp3) is 0.939. The van der Waals surface area contributed by atoms with Crippen LogP contribution < -0.4 is 0 Å². The van der Waals surface area contributed by atoms with Crippen molar-refractivity contribution in [1.82, 2.24) is 0 Å². The first-order valence-electron chi connectivity index (χ1n) is 46.9. The Morgan fingerprint density at radius 2 is 0.688 bits per heavy atom. The predicted molar refractivity (Wildman–Crippen MR) is 457 cm³/mol. The van der Waals surface area contributed by atoms with E-state index in [-0.39, 0.29) is 102 Å². The first kappa shape index (κ1) is 97.6. The summed E-state index contributed by atoms with van der Waals surface area (Å²) in [6.07, 6.45) is 48.0. The second-order valence-electron chi connectivity index (χ2n) is 44.7. The molecule has 12 aliphatic rings. The normalized spacial score (nSPS) is 29.4. The number of rotatable bonds is 23. The van der Waals surface area contributed by atoms with E-state index in [2.05, 4.69) is 76.2 Å². The van der Waals surface area contributed by atoms with Crippen LogP contribution in [0.5, 0.6) is 0 Å². The number of esters is 6. The molecule has 1 spiro atoms. The first-order chi connectivity index (χ1) is 51.8. The summed E-state index contributed by atoms with van der Waals surface area (Å²) >= 11 is 0. The van der Waals surface area contributed by atoms with Gasteiger partial charge < -0.3 is 33.2 Å². The smallest absolute Gasteiger partial charge is 0.313 e. The number of hydrogen-bond donors (Lipinski definition) is 0. The molecule has 650 valence electrons. The van der Waals surface area contributed by atoms with E-state index >= 15 is 0 Å². The minimum Gasteiger partial charge on any atom is -0.459 e. The van der Waals surface area contributed by atoms with Crippen molar-refractivity contribution in [2.24, 2.45) is 96.6 Å². The summed E-state index contributed by atoms with van der Waals surface area (Å²) < 4.78 is 41.6. The first-order valence-corrected chi connectivity index (χ1v) is 46.9. The molecule has 6 bridgehead atoms. The van der Waals surface area contributed by atoms with Crippen molar-refractivity contribution in [3.63, 3.8) is 0 Å². The molecule has 0 aromatic heterocycles. The van der Waals surface area contributed by atoms with E-state index in [1.807, 2.05) is 118 Å².